The first-order valence-corrected chi connectivity index (χ1v) is 13.1. The van der Waals surface area contributed by atoms with Gasteiger partial charge in [0.1, 0.15) is 35.7 Å². The van der Waals surface area contributed by atoms with Crippen molar-refractivity contribution in [1.29, 1.82) is 0 Å². The summed E-state index contributed by atoms with van der Waals surface area (Å²) in [4.78, 5) is 2.24. The van der Waals surface area contributed by atoms with Gasteiger partial charge in [0.05, 0.1) is 5.56 Å². The molecule has 206 valence electrons. The van der Waals surface area contributed by atoms with Gasteiger partial charge < -0.3 is 19.7 Å². The molecule has 0 amide bonds. The van der Waals surface area contributed by atoms with E-state index < -0.39 is 17.8 Å². The summed E-state index contributed by atoms with van der Waals surface area (Å²) >= 11 is 0. The van der Waals surface area contributed by atoms with Gasteiger partial charge >= 0.3 is 6.18 Å². The van der Waals surface area contributed by atoms with Crippen LogP contribution in [-0.4, -0.2) is 40.9 Å². The monoisotopic (exact) mass is 539 g/mol. The number of rotatable bonds is 6. The molecule has 0 spiro atoms. The van der Waals surface area contributed by atoms with Crippen LogP contribution in [0.25, 0.3) is 11.1 Å². The molecule has 8 heteroatoms. The molecule has 3 atom stereocenters. The van der Waals surface area contributed by atoms with E-state index in [0.717, 1.165) is 31.1 Å². The van der Waals surface area contributed by atoms with Gasteiger partial charge in [-0.1, -0.05) is 25.1 Å². The molecule has 2 aliphatic heterocycles. The Hall–Kier alpha value is -3.65. The Morgan fingerprint density at radius 3 is 2.51 bits per heavy atom. The maximum atomic E-state index is 14.3. The van der Waals surface area contributed by atoms with Gasteiger partial charge in [-0.25, -0.2) is 0 Å². The van der Waals surface area contributed by atoms with Crippen molar-refractivity contribution in [1.82, 2.24) is 4.90 Å². The lowest BCUT2D eigenvalue weighted by molar-refractivity contribution is -0.139. The molecule has 2 heterocycles. The fourth-order valence-electron chi connectivity index (χ4n) is 5.46. The van der Waals surface area contributed by atoms with E-state index in [1.807, 2.05) is 13.8 Å². The summed E-state index contributed by atoms with van der Waals surface area (Å²) in [5, 5.41) is 20.2. The van der Waals surface area contributed by atoms with Gasteiger partial charge in [-0.2, -0.15) is 13.2 Å². The number of allylic oxidation sites excluding steroid dienone is 1. The number of aromatic hydroxyl groups is 2. The number of benzene rings is 3. The maximum Gasteiger partial charge on any atom is 0.419 e. The lowest BCUT2D eigenvalue weighted by Gasteiger charge is -2.32. The molecule has 3 unspecified atom stereocenters. The van der Waals surface area contributed by atoms with Crippen LogP contribution in [0, 0.1) is 5.92 Å². The van der Waals surface area contributed by atoms with E-state index in [-0.39, 0.29) is 29.9 Å². The molecule has 3 aromatic carbocycles. The number of hydrogen-bond donors (Lipinski definition) is 2. The molecule has 1 fully saturated rings. The van der Waals surface area contributed by atoms with Crippen LogP contribution in [0.3, 0.4) is 0 Å². The summed E-state index contributed by atoms with van der Waals surface area (Å²) in [5.41, 5.74) is 2.00. The third kappa shape index (κ3) is 5.57. The molecule has 2 N–H and O–H groups in total. The Morgan fingerprint density at radius 1 is 1.05 bits per heavy atom. The minimum atomic E-state index is -4.64. The van der Waals surface area contributed by atoms with Gasteiger partial charge in [0.25, 0.3) is 0 Å². The first-order valence-electron chi connectivity index (χ1n) is 13.1. The molecular formula is C31H32F3NO4. The Balaban J connectivity index is 1.53. The molecule has 5 rings (SSSR count). The Labute approximate surface area is 226 Å². The van der Waals surface area contributed by atoms with E-state index in [0.29, 0.717) is 33.9 Å². The molecule has 2 aliphatic rings. The van der Waals surface area contributed by atoms with Crippen molar-refractivity contribution < 1.29 is 32.9 Å². The van der Waals surface area contributed by atoms with E-state index >= 15 is 0 Å². The lowest BCUT2D eigenvalue weighted by Crippen LogP contribution is -2.35. The fraction of sp³-hybridized carbons (Fsp3) is 0.355. The zero-order valence-corrected chi connectivity index (χ0v) is 22.1. The van der Waals surface area contributed by atoms with Gasteiger partial charge in [0.15, 0.2) is 0 Å². The van der Waals surface area contributed by atoms with Crippen LogP contribution in [0.2, 0.25) is 0 Å². The number of alkyl halides is 3. The standard InChI is InChI=1S/C31H32F3NO4/c1-18-11-12-35(16-18)19(2)17-38-28-9-7-22(14-26(28)31(32,33)34)30-29(21-5-4-6-23(36)13-21)20(3)25-15-24(37)8-10-27(25)39-30/h4-10,13-15,18-19,30,36-37H,11-12,16-17H2,1-3H3. The number of ether oxygens (including phenoxy) is 2. The Kier molecular flexibility index (Phi) is 7.25. The van der Waals surface area contributed by atoms with Crippen molar-refractivity contribution in [3.8, 4) is 23.0 Å². The second-order valence-corrected chi connectivity index (χ2v) is 10.6. The van der Waals surface area contributed by atoms with Gasteiger partial charge in [-0.05, 0) is 91.9 Å². The number of phenolic OH excluding ortho intramolecular Hbond substituents is 2. The molecule has 0 aliphatic carbocycles. The molecule has 0 saturated carbocycles. The van der Waals surface area contributed by atoms with Crippen molar-refractivity contribution in [3.05, 3.63) is 82.9 Å². The topological polar surface area (TPSA) is 62.2 Å². The number of likely N-dealkylation sites (tertiary alicyclic amines) is 1. The minimum absolute atomic E-state index is 0.00625. The Bertz CT molecular complexity index is 1400. The normalized spacial score (nSPS) is 20.5. The van der Waals surface area contributed by atoms with Crippen molar-refractivity contribution in [2.24, 2.45) is 5.92 Å². The SMILES string of the molecule is CC1=C(c2cccc(O)c2)C(c2ccc(OCC(C)N3CCC(C)C3)c(C(F)(F)F)c2)Oc2ccc(O)cc21. The highest BCUT2D eigenvalue weighted by molar-refractivity contribution is 5.96. The molecule has 0 aromatic heterocycles. The third-order valence-electron chi connectivity index (χ3n) is 7.61. The van der Waals surface area contributed by atoms with Gasteiger partial charge in [-0.15, -0.1) is 0 Å². The molecule has 39 heavy (non-hydrogen) atoms. The van der Waals surface area contributed by atoms with Crippen LogP contribution < -0.4 is 9.47 Å². The van der Waals surface area contributed by atoms with Crippen molar-refractivity contribution >= 4 is 11.1 Å². The van der Waals surface area contributed by atoms with Gasteiger partial charge in [-0.3, -0.25) is 4.90 Å². The van der Waals surface area contributed by atoms with Crippen LogP contribution in [-0.2, 0) is 6.18 Å². The smallest absolute Gasteiger partial charge is 0.419 e. The summed E-state index contributed by atoms with van der Waals surface area (Å²) < 4.78 is 54.9. The highest BCUT2D eigenvalue weighted by Gasteiger charge is 2.37. The number of hydrogen-bond acceptors (Lipinski definition) is 5. The number of halogens is 3. The molecular weight excluding hydrogens is 507 g/mol. The van der Waals surface area contributed by atoms with Gasteiger partial charge in [0.2, 0.25) is 0 Å². The highest BCUT2D eigenvalue weighted by Crippen LogP contribution is 2.49. The van der Waals surface area contributed by atoms with Crippen LogP contribution in [0.4, 0.5) is 13.2 Å². The molecule has 0 bridgehead atoms. The highest BCUT2D eigenvalue weighted by atomic mass is 19.4. The minimum Gasteiger partial charge on any atom is -0.508 e. The summed E-state index contributed by atoms with van der Waals surface area (Å²) in [6.45, 7) is 7.95. The number of phenols is 2. The van der Waals surface area contributed by atoms with E-state index in [2.05, 4.69) is 11.8 Å². The summed E-state index contributed by atoms with van der Waals surface area (Å²) in [7, 11) is 0. The van der Waals surface area contributed by atoms with E-state index in [1.165, 1.54) is 18.2 Å². The summed E-state index contributed by atoms with van der Waals surface area (Å²) in [6.07, 6.45) is -4.45. The largest absolute Gasteiger partial charge is 0.508 e. The first kappa shape index (κ1) is 26.9. The quantitative estimate of drug-likeness (QED) is 0.345. The first-order chi connectivity index (χ1) is 18.5. The van der Waals surface area contributed by atoms with E-state index in [9.17, 15) is 23.4 Å². The third-order valence-corrected chi connectivity index (χ3v) is 7.61. The van der Waals surface area contributed by atoms with Gasteiger partial charge in [0, 0.05) is 23.7 Å². The second kappa shape index (κ2) is 10.5. The predicted molar refractivity (Wildman–Crippen MR) is 144 cm³/mol. The molecule has 5 nitrogen and oxygen atoms in total. The van der Waals surface area contributed by atoms with Crippen LogP contribution in [0.5, 0.6) is 23.0 Å². The average molecular weight is 540 g/mol. The summed E-state index contributed by atoms with van der Waals surface area (Å²) in [5.74, 6) is 0.866. The maximum absolute atomic E-state index is 14.3. The average Bonchev–Trinajstić information content (AvgIpc) is 3.33. The Morgan fingerprint density at radius 2 is 1.82 bits per heavy atom. The fourth-order valence-corrected chi connectivity index (χ4v) is 5.46. The van der Waals surface area contributed by atoms with Crippen molar-refractivity contribution in [2.75, 3.05) is 19.7 Å². The van der Waals surface area contributed by atoms with Crippen LogP contribution in [0.1, 0.15) is 55.5 Å². The number of nitrogens with zero attached hydrogens (tertiary/aromatic N) is 1. The summed E-state index contributed by atoms with van der Waals surface area (Å²) in [6, 6.07) is 15.2. The van der Waals surface area contributed by atoms with Crippen molar-refractivity contribution in [3.63, 3.8) is 0 Å². The van der Waals surface area contributed by atoms with E-state index in [1.54, 1.807) is 36.4 Å². The lowest BCUT2D eigenvalue weighted by atomic mass is 9.85. The zero-order valence-electron chi connectivity index (χ0n) is 22.1. The van der Waals surface area contributed by atoms with Crippen molar-refractivity contribution in [2.45, 2.75) is 45.5 Å². The molecule has 0 radical (unpaired) electrons. The molecule has 3 aromatic rings. The van der Waals surface area contributed by atoms with Crippen LogP contribution >= 0.6 is 0 Å². The number of fused-ring (bicyclic) bond motifs is 1. The van der Waals surface area contributed by atoms with E-state index in [4.69, 9.17) is 9.47 Å². The van der Waals surface area contributed by atoms with Crippen LogP contribution in [0.15, 0.2) is 60.7 Å². The predicted octanol–water partition coefficient (Wildman–Crippen LogP) is 7.29. The molecule has 1 saturated heterocycles. The second-order valence-electron chi connectivity index (χ2n) is 10.6. The zero-order chi connectivity index (χ0) is 27.9.